The second kappa shape index (κ2) is 6.74. The number of aliphatic hydroxyl groups excluding tert-OH is 1. The molecule has 2 N–H and O–H groups in total. The van der Waals surface area contributed by atoms with Gasteiger partial charge in [-0.2, -0.15) is 0 Å². The van der Waals surface area contributed by atoms with E-state index in [4.69, 9.17) is 9.84 Å². The van der Waals surface area contributed by atoms with Crippen LogP contribution in [0.15, 0.2) is 23.1 Å². The van der Waals surface area contributed by atoms with Gasteiger partial charge in [-0.05, 0) is 12.1 Å². The summed E-state index contributed by atoms with van der Waals surface area (Å²) in [6.45, 7) is -0.103. The molecule has 0 radical (unpaired) electrons. The third-order valence-electron chi connectivity index (χ3n) is 1.96. The first-order chi connectivity index (χ1) is 8.47. The molecule has 0 fully saturated rings. The lowest BCUT2D eigenvalue weighted by Gasteiger charge is -2.07. The van der Waals surface area contributed by atoms with E-state index in [2.05, 4.69) is 4.72 Å². The Hall–Kier alpha value is -1.09. The molecule has 18 heavy (non-hydrogen) atoms. The minimum Gasteiger partial charge on any atom is -0.394 e. The maximum atomic E-state index is 13.3. The van der Waals surface area contributed by atoms with Crippen LogP contribution in [0.3, 0.4) is 0 Å². The predicted octanol–water partition coefficient (Wildman–Crippen LogP) is 0.252. The van der Waals surface area contributed by atoms with Crippen LogP contribution in [0.25, 0.3) is 0 Å². The van der Waals surface area contributed by atoms with Gasteiger partial charge < -0.3 is 9.84 Å². The lowest BCUT2D eigenvalue weighted by Crippen LogP contribution is -2.28. The van der Waals surface area contributed by atoms with Crippen LogP contribution in [0, 0.1) is 11.6 Å². The van der Waals surface area contributed by atoms with E-state index in [1.54, 1.807) is 0 Å². The van der Waals surface area contributed by atoms with E-state index in [1.165, 1.54) is 0 Å². The van der Waals surface area contributed by atoms with Crippen LogP contribution in [0.1, 0.15) is 0 Å². The Bertz CT molecular complexity index is 493. The molecule has 0 unspecified atom stereocenters. The van der Waals surface area contributed by atoms with Crippen molar-refractivity contribution in [2.45, 2.75) is 4.90 Å². The SMILES string of the molecule is O=S(=O)(NCCOCCO)c1ccc(F)cc1F. The summed E-state index contributed by atoms with van der Waals surface area (Å²) in [6.07, 6.45) is 0. The van der Waals surface area contributed by atoms with Gasteiger partial charge in [0.2, 0.25) is 10.0 Å². The van der Waals surface area contributed by atoms with E-state index in [9.17, 15) is 17.2 Å². The molecular formula is C10H13F2NO4S. The monoisotopic (exact) mass is 281 g/mol. The van der Waals surface area contributed by atoms with E-state index in [1.807, 2.05) is 0 Å². The first kappa shape index (κ1) is 15.0. The fraction of sp³-hybridized carbons (Fsp3) is 0.400. The normalized spacial score (nSPS) is 11.7. The predicted molar refractivity (Wildman–Crippen MR) is 59.5 cm³/mol. The second-order valence-corrected chi connectivity index (χ2v) is 5.04. The van der Waals surface area contributed by atoms with Crippen molar-refractivity contribution in [3.63, 3.8) is 0 Å². The Kier molecular flexibility index (Phi) is 5.60. The smallest absolute Gasteiger partial charge is 0.243 e. The molecule has 1 aromatic carbocycles. The molecule has 1 rings (SSSR count). The van der Waals surface area contributed by atoms with Crippen LogP contribution in [0.5, 0.6) is 0 Å². The fourth-order valence-electron chi connectivity index (χ4n) is 1.19. The Morgan fingerprint density at radius 2 is 2.00 bits per heavy atom. The molecule has 0 aliphatic rings. The van der Waals surface area contributed by atoms with Gasteiger partial charge in [0.1, 0.15) is 16.5 Å². The van der Waals surface area contributed by atoms with Crippen molar-refractivity contribution in [3.8, 4) is 0 Å². The summed E-state index contributed by atoms with van der Waals surface area (Å²) in [4.78, 5) is -0.619. The summed E-state index contributed by atoms with van der Waals surface area (Å²) >= 11 is 0. The van der Waals surface area contributed by atoms with Crippen LogP contribution in [0.2, 0.25) is 0 Å². The molecule has 0 bridgehead atoms. The molecule has 0 heterocycles. The number of nitrogens with one attached hydrogen (secondary N) is 1. The van der Waals surface area contributed by atoms with Crippen molar-refractivity contribution in [1.29, 1.82) is 0 Å². The highest BCUT2D eigenvalue weighted by molar-refractivity contribution is 7.89. The fourth-order valence-corrected chi connectivity index (χ4v) is 2.26. The van der Waals surface area contributed by atoms with Gasteiger partial charge in [0, 0.05) is 12.6 Å². The Labute approximate surface area is 103 Å². The average Bonchev–Trinajstić information content (AvgIpc) is 2.28. The van der Waals surface area contributed by atoms with E-state index < -0.39 is 26.6 Å². The summed E-state index contributed by atoms with van der Waals surface area (Å²) in [6, 6.07) is 2.21. The first-order valence-corrected chi connectivity index (χ1v) is 6.59. The van der Waals surface area contributed by atoms with Crippen molar-refractivity contribution >= 4 is 10.0 Å². The summed E-state index contributed by atoms with van der Waals surface area (Å²) in [5.74, 6) is -2.00. The van der Waals surface area contributed by atoms with Gasteiger partial charge in [-0.1, -0.05) is 0 Å². The molecular weight excluding hydrogens is 268 g/mol. The molecule has 1 aromatic rings. The molecule has 8 heteroatoms. The molecule has 0 atom stereocenters. The average molecular weight is 281 g/mol. The summed E-state index contributed by atoms with van der Waals surface area (Å²) < 4.78 is 56.0. The Morgan fingerprint density at radius 1 is 1.28 bits per heavy atom. The standard InChI is InChI=1S/C10H13F2NO4S/c11-8-1-2-10(9(12)7-8)18(15,16)13-3-5-17-6-4-14/h1-2,7,13-14H,3-6H2. The number of sulfonamides is 1. The van der Waals surface area contributed by atoms with E-state index in [0.29, 0.717) is 6.07 Å². The topological polar surface area (TPSA) is 75.6 Å². The highest BCUT2D eigenvalue weighted by Crippen LogP contribution is 2.14. The maximum Gasteiger partial charge on any atom is 0.243 e. The van der Waals surface area contributed by atoms with E-state index >= 15 is 0 Å². The lowest BCUT2D eigenvalue weighted by atomic mass is 10.3. The van der Waals surface area contributed by atoms with Crippen molar-refractivity contribution in [2.75, 3.05) is 26.4 Å². The molecule has 102 valence electrons. The molecule has 5 nitrogen and oxygen atoms in total. The largest absolute Gasteiger partial charge is 0.394 e. The van der Waals surface area contributed by atoms with Crippen molar-refractivity contribution < 1.29 is 27.0 Å². The molecule has 0 aromatic heterocycles. The third-order valence-corrected chi connectivity index (χ3v) is 3.45. The van der Waals surface area contributed by atoms with Gasteiger partial charge in [0.25, 0.3) is 0 Å². The number of rotatable bonds is 7. The van der Waals surface area contributed by atoms with E-state index in [-0.39, 0.29) is 26.4 Å². The van der Waals surface area contributed by atoms with E-state index in [0.717, 1.165) is 12.1 Å². The Balaban J connectivity index is 2.63. The van der Waals surface area contributed by atoms with Crippen molar-refractivity contribution in [3.05, 3.63) is 29.8 Å². The first-order valence-electron chi connectivity index (χ1n) is 5.10. The van der Waals surface area contributed by atoms with Crippen molar-refractivity contribution in [1.82, 2.24) is 4.72 Å². The molecule has 0 aliphatic heterocycles. The van der Waals surface area contributed by atoms with Gasteiger partial charge in [0.15, 0.2) is 0 Å². The molecule has 0 saturated heterocycles. The van der Waals surface area contributed by atoms with Crippen molar-refractivity contribution in [2.24, 2.45) is 0 Å². The zero-order chi connectivity index (χ0) is 13.6. The number of benzene rings is 1. The van der Waals surface area contributed by atoms with Crippen LogP contribution < -0.4 is 4.72 Å². The second-order valence-electron chi connectivity index (χ2n) is 3.31. The minimum absolute atomic E-state index is 0.0442. The lowest BCUT2D eigenvalue weighted by molar-refractivity contribution is 0.0961. The Morgan fingerprint density at radius 3 is 2.61 bits per heavy atom. The number of hydrogen-bond acceptors (Lipinski definition) is 4. The summed E-state index contributed by atoms with van der Waals surface area (Å²) in [7, 11) is -4.03. The molecule has 0 amide bonds. The zero-order valence-electron chi connectivity index (χ0n) is 9.40. The highest BCUT2D eigenvalue weighted by atomic mass is 32.2. The summed E-state index contributed by atoms with van der Waals surface area (Å²) in [5.41, 5.74) is 0. The number of halogens is 2. The van der Waals surface area contributed by atoms with Gasteiger partial charge in [0.05, 0.1) is 19.8 Å². The van der Waals surface area contributed by atoms with Crippen LogP contribution in [-0.2, 0) is 14.8 Å². The number of hydrogen-bond donors (Lipinski definition) is 2. The molecule has 0 aliphatic carbocycles. The minimum atomic E-state index is -4.03. The molecule has 0 spiro atoms. The van der Waals surface area contributed by atoms with Gasteiger partial charge >= 0.3 is 0 Å². The molecule has 0 saturated carbocycles. The van der Waals surface area contributed by atoms with Crippen LogP contribution in [-0.4, -0.2) is 39.9 Å². The van der Waals surface area contributed by atoms with Gasteiger partial charge in [-0.3, -0.25) is 0 Å². The maximum absolute atomic E-state index is 13.3. The number of aliphatic hydroxyl groups is 1. The number of ether oxygens (including phenoxy) is 1. The summed E-state index contributed by atoms with van der Waals surface area (Å²) in [5, 5.41) is 8.42. The zero-order valence-corrected chi connectivity index (χ0v) is 10.2. The third kappa shape index (κ3) is 4.30. The van der Waals surface area contributed by atoms with Crippen LogP contribution >= 0.6 is 0 Å². The van der Waals surface area contributed by atoms with Gasteiger partial charge in [-0.25, -0.2) is 21.9 Å². The van der Waals surface area contributed by atoms with Gasteiger partial charge in [-0.15, -0.1) is 0 Å². The highest BCUT2D eigenvalue weighted by Gasteiger charge is 2.18. The quantitative estimate of drug-likeness (QED) is 0.703. The van der Waals surface area contributed by atoms with Crippen LogP contribution in [0.4, 0.5) is 8.78 Å².